The summed E-state index contributed by atoms with van der Waals surface area (Å²) in [5.74, 6) is 0. The number of benzene rings is 1. The summed E-state index contributed by atoms with van der Waals surface area (Å²) < 4.78 is 5.78. The van der Waals surface area contributed by atoms with Crippen LogP contribution in [0.15, 0.2) is 36.4 Å². The SMILES string of the molecule is C(=C\c1ccccc1)/COC1CCNCC1. The van der Waals surface area contributed by atoms with Crippen LogP contribution < -0.4 is 5.32 Å². The van der Waals surface area contributed by atoms with Crippen LogP contribution in [0.25, 0.3) is 6.08 Å². The minimum Gasteiger partial charge on any atom is -0.374 e. The van der Waals surface area contributed by atoms with Gasteiger partial charge in [-0.15, -0.1) is 0 Å². The quantitative estimate of drug-likeness (QED) is 0.836. The molecule has 1 aliphatic rings. The number of hydrogen-bond acceptors (Lipinski definition) is 2. The molecule has 86 valence electrons. The molecule has 1 fully saturated rings. The standard InChI is InChI=1S/C14H19NO/c1-2-5-13(6-3-1)7-4-12-16-14-8-10-15-11-9-14/h1-7,14-15H,8-12H2/b7-4+. The lowest BCUT2D eigenvalue weighted by atomic mass is 10.1. The Hall–Kier alpha value is -1.12. The van der Waals surface area contributed by atoms with E-state index < -0.39 is 0 Å². The highest BCUT2D eigenvalue weighted by atomic mass is 16.5. The van der Waals surface area contributed by atoms with E-state index in [2.05, 4.69) is 29.6 Å². The molecule has 0 unspecified atom stereocenters. The first-order valence-corrected chi connectivity index (χ1v) is 5.99. The molecule has 0 radical (unpaired) electrons. The van der Waals surface area contributed by atoms with Crippen LogP contribution in [-0.2, 0) is 4.74 Å². The van der Waals surface area contributed by atoms with Crippen LogP contribution in [0.5, 0.6) is 0 Å². The van der Waals surface area contributed by atoms with Crippen LogP contribution in [0.2, 0.25) is 0 Å². The van der Waals surface area contributed by atoms with Gasteiger partial charge in [-0.1, -0.05) is 42.5 Å². The molecule has 16 heavy (non-hydrogen) atoms. The van der Waals surface area contributed by atoms with Gasteiger partial charge in [-0.05, 0) is 31.5 Å². The molecule has 0 saturated carbocycles. The van der Waals surface area contributed by atoms with Gasteiger partial charge in [0.15, 0.2) is 0 Å². The van der Waals surface area contributed by atoms with Gasteiger partial charge < -0.3 is 10.1 Å². The molecule has 1 aromatic rings. The second-order valence-corrected chi connectivity index (χ2v) is 4.10. The molecule has 1 saturated heterocycles. The zero-order chi connectivity index (χ0) is 11.1. The van der Waals surface area contributed by atoms with Crippen molar-refractivity contribution in [1.82, 2.24) is 5.32 Å². The smallest absolute Gasteiger partial charge is 0.0654 e. The summed E-state index contributed by atoms with van der Waals surface area (Å²) in [6.45, 7) is 2.90. The van der Waals surface area contributed by atoms with Crippen molar-refractivity contribution in [3.8, 4) is 0 Å². The first-order chi connectivity index (χ1) is 7.95. The molecule has 0 spiro atoms. The van der Waals surface area contributed by atoms with E-state index in [-0.39, 0.29) is 0 Å². The van der Waals surface area contributed by atoms with Crippen LogP contribution in [0.3, 0.4) is 0 Å². The lowest BCUT2D eigenvalue weighted by Crippen LogP contribution is -2.32. The van der Waals surface area contributed by atoms with Crippen LogP contribution >= 0.6 is 0 Å². The second-order valence-electron chi connectivity index (χ2n) is 4.10. The summed E-state index contributed by atoms with van der Waals surface area (Å²) in [6.07, 6.45) is 6.93. The van der Waals surface area contributed by atoms with E-state index in [1.54, 1.807) is 0 Å². The molecule has 1 aliphatic heterocycles. The third kappa shape index (κ3) is 3.80. The maximum atomic E-state index is 5.78. The molecule has 0 atom stereocenters. The van der Waals surface area contributed by atoms with E-state index in [1.807, 2.05) is 18.2 Å². The molecule has 0 aliphatic carbocycles. The fourth-order valence-electron chi connectivity index (χ4n) is 1.90. The van der Waals surface area contributed by atoms with Gasteiger partial charge in [0, 0.05) is 0 Å². The Kier molecular flexibility index (Phi) is 4.59. The van der Waals surface area contributed by atoms with Gasteiger partial charge in [-0.3, -0.25) is 0 Å². The highest BCUT2D eigenvalue weighted by molar-refractivity contribution is 5.48. The molecule has 2 nitrogen and oxygen atoms in total. The molecule has 1 heterocycles. The Labute approximate surface area is 97.3 Å². The summed E-state index contributed by atoms with van der Waals surface area (Å²) >= 11 is 0. The molecule has 2 rings (SSSR count). The Morgan fingerprint density at radius 1 is 1.19 bits per heavy atom. The monoisotopic (exact) mass is 217 g/mol. The Balaban J connectivity index is 1.69. The molecule has 0 amide bonds. The van der Waals surface area contributed by atoms with E-state index in [1.165, 1.54) is 5.56 Å². The highest BCUT2D eigenvalue weighted by Crippen LogP contribution is 2.07. The van der Waals surface area contributed by atoms with Crippen molar-refractivity contribution < 1.29 is 4.74 Å². The molecular formula is C14H19NO. The van der Waals surface area contributed by atoms with E-state index in [9.17, 15) is 0 Å². The minimum absolute atomic E-state index is 0.446. The Morgan fingerprint density at radius 3 is 2.69 bits per heavy atom. The van der Waals surface area contributed by atoms with Gasteiger partial charge in [0.25, 0.3) is 0 Å². The lowest BCUT2D eigenvalue weighted by molar-refractivity contribution is 0.0518. The van der Waals surface area contributed by atoms with E-state index in [0.29, 0.717) is 6.10 Å². The summed E-state index contributed by atoms with van der Waals surface area (Å²) in [5.41, 5.74) is 1.23. The predicted octanol–water partition coefficient (Wildman–Crippen LogP) is 2.47. The van der Waals surface area contributed by atoms with Crippen molar-refractivity contribution in [2.24, 2.45) is 0 Å². The fraction of sp³-hybridized carbons (Fsp3) is 0.429. The summed E-state index contributed by atoms with van der Waals surface area (Å²) in [7, 11) is 0. The van der Waals surface area contributed by atoms with Crippen molar-refractivity contribution >= 4 is 6.08 Å². The molecular weight excluding hydrogens is 198 g/mol. The number of ether oxygens (including phenoxy) is 1. The van der Waals surface area contributed by atoms with Crippen molar-refractivity contribution in [1.29, 1.82) is 0 Å². The lowest BCUT2D eigenvalue weighted by Gasteiger charge is -2.22. The number of nitrogens with one attached hydrogen (secondary N) is 1. The normalized spacial score (nSPS) is 18.0. The van der Waals surface area contributed by atoms with Crippen LogP contribution in [0.4, 0.5) is 0 Å². The van der Waals surface area contributed by atoms with Crippen LogP contribution in [0.1, 0.15) is 18.4 Å². The third-order valence-corrected chi connectivity index (χ3v) is 2.82. The number of piperidine rings is 1. The van der Waals surface area contributed by atoms with Crippen molar-refractivity contribution in [2.45, 2.75) is 18.9 Å². The average molecular weight is 217 g/mol. The molecule has 1 aromatic carbocycles. The molecule has 1 N–H and O–H groups in total. The predicted molar refractivity (Wildman–Crippen MR) is 67.3 cm³/mol. The van der Waals surface area contributed by atoms with Crippen LogP contribution in [-0.4, -0.2) is 25.8 Å². The van der Waals surface area contributed by atoms with Gasteiger partial charge in [0.2, 0.25) is 0 Å². The van der Waals surface area contributed by atoms with E-state index in [4.69, 9.17) is 4.74 Å². The minimum atomic E-state index is 0.446. The van der Waals surface area contributed by atoms with E-state index >= 15 is 0 Å². The van der Waals surface area contributed by atoms with Crippen LogP contribution in [0, 0.1) is 0 Å². The van der Waals surface area contributed by atoms with Gasteiger partial charge in [0.05, 0.1) is 12.7 Å². The molecule has 0 aromatic heterocycles. The zero-order valence-electron chi connectivity index (χ0n) is 9.56. The van der Waals surface area contributed by atoms with Crippen molar-refractivity contribution in [3.05, 3.63) is 42.0 Å². The maximum absolute atomic E-state index is 5.78. The Bertz CT molecular complexity index is 315. The first kappa shape index (κ1) is 11.4. The van der Waals surface area contributed by atoms with Gasteiger partial charge in [0.1, 0.15) is 0 Å². The Morgan fingerprint density at radius 2 is 1.94 bits per heavy atom. The third-order valence-electron chi connectivity index (χ3n) is 2.82. The highest BCUT2D eigenvalue weighted by Gasteiger charge is 2.11. The summed E-state index contributed by atoms with van der Waals surface area (Å²) in [6, 6.07) is 10.3. The first-order valence-electron chi connectivity index (χ1n) is 5.99. The molecule has 0 bridgehead atoms. The summed E-state index contributed by atoms with van der Waals surface area (Å²) in [4.78, 5) is 0. The summed E-state index contributed by atoms with van der Waals surface area (Å²) in [5, 5.41) is 3.33. The van der Waals surface area contributed by atoms with Gasteiger partial charge >= 0.3 is 0 Å². The fourth-order valence-corrected chi connectivity index (χ4v) is 1.90. The largest absolute Gasteiger partial charge is 0.374 e. The molecule has 2 heteroatoms. The van der Waals surface area contributed by atoms with Crippen molar-refractivity contribution in [2.75, 3.05) is 19.7 Å². The van der Waals surface area contributed by atoms with Crippen molar-refractivity contribution in [3.63, 3.8) is 0 Å². The van der Waals surface area contributed by atoms with Gasteiger partial charge in [-0.2, -0.15) is 0 Å². The number of hydrogen-bond donors (Lipinski definition) is 1. The maximum Gasteiger partial charge on any atom is 0.0654 e. The van der Waals surface area contributed by atoms with E-state index in [0.717, 1.165) is 32.5 Å². The second kappa shape index (κ2) is 6.46. The average Bonchev–Trinajstić information content (AvgIpc) is 2.37. The topological polar surface area (TPSA) is 21.3 Å². The number of rotatable bonds is 4. The zero-order valence-corrected chi connectivity index (χ0v) is 9.56. The van der Waals surface area contributed by atoms with Gasteiger partial charge in [-0.25, -0.2) is 0 Å².